The second-order valence-corrected chi connectivity index (χ2v) is 17.6. The minimum absolute atomic E-state index is 0.00155. The normalized spacial score (nSPS) is 12.4. The summed E-state index contributed by atoms with van der Waals surface area (Å²) in [5.41, 5.74) is 1.63. The summed E-state index contributed by atoms with van der Waals surface area (Å²) in [6.07, 6.45) is 46.0. The van der Waals surface area contributed by atoms with Crippen molar-refractivity contribution in [3.8, 4) is 0 Å². The maximum absolute atomic E-state index is 12.1. The van der Waals surface area contributed by atoms with E-state index in [1.807, 2.05) is 7.05 Å². The molecule has 0 heterocycles. The van der Waals surface area contributed by atoms with Gasteiger partial charge in [0.15, 0.2) is 0 Å². The number of unbranched alkanes of at least 4 members (excludes halogenated alkanes) is 24. The standard InChI is InChI=1S/C51H99N3O3/c1-6-9-12-15-18-27-34-46-56-51(55)39-31-24-20-26-33-44-54(45-35-42-53-47(4)52-5)43-32-25-19-23-30-38-50(48-40-41-48)57-49(36-28-21-16-13-10-7-2)37-29-22-17-14-11-8-3/h49,52-53H,4,6-46H2,1-3,5H3. The highest BCUT2D eigenvalue weighted by Crippen LogP contribution is 2.36. The molecule has 1 rings (SSSR count). The van der Waals surface area contributed by atoms with E-state index in [1.165, 1.54) is 211 Å². The molecular formula is C51H99N3O3. The van der Waals surface area contributed by atoms with Crippen LogP contribution in [0.4, 0.5) is 0 Å². The minimum Gasteiger partial charge on any atom is -0.495 e. The molecule has 0 spiro atoms. The zero-order chi connectivity index (χ0) is 41.3. The van der Waals surface area contributed by atoms with Gasteiger partial charge < -0.3 is 25.0 Å². The number of carbonyl (C=O) groups excluding carboxylic acids is 1. The number of ether oxygens (including phenoxy) is 2. The van der Waals surface area contributed by atoms with Crippen LogP contribution >= 0.6 is 0 Å². The third-order valence-electron chi connectivity index (χ3n) is 12.0. The van der Waals surface area contributed by atoms with Crippen LogP contribution in [0.1, 0.15) is 252 Å². The fourth-order valence-electron chi connectivity index (χ4n) is 8.00. The first-order valence-corrected chi connectivity index (χ1v) is 25.4. The van der Waals surface area contributed by atoms with Crippen LogP contribution in [0.2, 0.25) is 0 Å². The molecule has 1 saturated carbocycles. The summed E-state index contributed by atoms with van der Waals surface area (Å²) >= 11 is 0. The summed E-state index contributed by atoms with van der Waals surface area (Å²) in [6, 6.07) is 0. The molecule has 0 saturated heterocycles. The monoisotopic (exact) mass is 802 g/mol. The molecule has 336 valence electrons. The van der Waals surface area contributed by atoms with Crippen molar-refractivity contribution in [2.45, 2.75) is 258 Å². The van der Waals surface area contributed by atoms with E-state index in [0.29, 0.717) is 19.1 Å². The molecule has 0 aromatic carbocycles. The van der Waals surface area contributed by atoms with Crippen molar-refractivity contribution in [2.24, 2.45) is 0 Å². The van der Waals surface area contributed by atoms with Crippen molar-refractivity contribution in [3.63, 3.8) is 0 Å². The third kappa shape index (κ3) is 35.9. The lowest BCUT2D eigenvalue weighted by Crippen LogP contribution is -2.30. The quantitative estimate of drug-likeness (QED) is 0.0363. The van der Waals surface area contributed by atoms with Crippen molar-refractivity contribution in [2.75, 3.05) is 39.8 Å². The van der Waals surface area contributed by atoms with Crippen LogP contribution in [-0.4, -0.2) is 56.8 Å². The van der Waals surface area contributed by atoms with E-state index in [2.05, 4.69) is 42.9 Å². The average molecular weight is 802 g/mol. The van der Waals surface area contributed by atoms with Gasteiger partial charge in [-0.05, 0) is 102 Å². The van der Waals surface area contributed by atoms with E-state index in [-0.39, 0.29) is 5.97 Å². The lowest BCUT2D eigenvalue weighted by Gasteiger charge is -2.23. The third-order valence-corrected chi connectivity index (χ3v) is 12.0. The number of esters is 1. The fourth-order valence-corrected chi connectivity index (χ4v) is 8.00. The molecule has 0 aromatic heterocycles. The van der Waals surface area contributed by atoms with Crippen molar-refractivity contribution in [1.29, 1.82) is 0 Å². The Balaban J connectivity index is 2.33. The van der Waals surface area contributed by atoms with Crippen LogP contribution in [0, 0.1) is 0 Å². The number of nitrogens with zero attached hydrogens (tertiary/aromatic N) is 1. The molecule has 1 fully saturated rings. The molecule has 1 aliphatic rings. The van der Waals surface area contributed by atoms with Gasteiger partial charge in [0, 0.05) is 26.4 Å². The van der Waals surface area contributed by atoms with Crippen molar-refractivity contribution >= 4 is 5.97 Å². The Kier molecular flexibility index (Phi) is 38.4. The van der Waals surface area contributed by atoms with Gasteiger partial charge in [-0.1, -0.05) is 169 Å². The Labute approximate surface area is 356 Å². The van der Waals surface area contributed by atoms with Crippen LogP contribution in [0.5, 0.6) is 0 Å². The molecule has 0 aromatic rings. The van der Waals surface area contributed by atoms with Gasteiger partial charge in [-0.15, -0.1) is 0 Å². The van der Waals surface area contributed by atoms with Gasteiger partial charge in [0.1, 0.15) is 0 Å². The molecule has 0 atom stereocenters. The van der Waals surface area contributed by atoms with E-state index in [1.54, 1.807) is 5.57 Å². The molecule has 1 aliphatic carbocycles. The number of rotatable bonds is 46. The second kappa shape index (κ2) is 41.1. The fraction of sp³-hybridized carbons (Fsp3) is 0.902. The summed E-state index contributed by atoms with van der Waals surface area (Å²) in [4.78, 5) is 14.8. The highest BCUT2D eigenvalue weighted by molar-refractivity contribution is 5.69. The van der Waals surface area contributed by atoms with Crippen LogP contribution in [0.25, 0.3) is 0 Å². The van der Waals surface area contributed by atoms with Gasteiger partial charge in [0.2, 0.25) is 0 Å². The molecule has 0 amide bonds. The number of nitrogens with one attached hydrogen (secondary N) is 2. The zero-order valence-corrected chi connectivity index (χ0v) is 38.9. The SMILES string of the molecule is C=C(NC)NCCCN(CCCCCCCC(=O)OCCCCCCCCC)CCCCCCCC(OC(CCCCCCCC)CCCCCCCC)=C1CC1. The smallest absolute Gasteiger partial charge is 0.305 e. The Bertz CT molecular complexity index is 915. The maximum Gasteiger partial charge on any atom is 0.305 e. The van der Waals surface area contributed by atoms with Gasteiger partial charge >= 0.3 is 5.97 Å². The number of allylic oxidation sites excluding steroid dienone is 2. The van der Waals surface area contributed by atoms with E-state index >= 15 is 0 Å². The first-order valence-electron chi connectivity index (χ1n) is 25.4. The van der Waals surface area contributed by atoms with Gasteiger partial charge in [0.25, 0.3) is 0 Å². The molecule has 57 heavy (non-hydrogen) atoms. The van der Waals surface area contributed by atoms with Crippen molar-refractivity contribution in [3.05, 3.63) is 23.7 Å². The average Bonchev–Trinajstić information content (AvgIpc) is 4.07. The highest BCUT2D eigenvalue weighted by Gasteiger charge is 2.22. The van der Waals surface area contributed by atoms with Crippen LogP contribution in [0.15, 0.2) is 23.7 Å². The molecule has 0 bridgehead atoms. The van der Waals surface area contributed by atoms with Crippen LogP contribution < -0.4 is 10.6 Å². The molecular weight excluding hydrogens is 703 g/mol. The Morgan fingerprint density at radius 1 is 0.579 bits per heavy atom. The topological polar surface area (TPSA) is 62.8 Å². The molecule has 6 nitrogen and oxygen atoms in total. The summed E-state index contributed by atoms with van der Waals surface area (Å²) in [6.45, 7) is 16.0. The highest BCUT2D eigenvalue weighted by atomic mass is 16.5. The minimum atomic E-state index is 0.00155. The lowest BCUT2D eigenvalue weighted by atomic mass is 10.0. The summed E-state index contributed by atoms with van der Waals surface area (Å²) in [5, 5.41) is 6.49. The molecule has 6 heteroatoms. The summed E-state index contributed by atoms with van der Waals surface area (Å²) in [7, 11) is 1.92. The number of hydrogen-bond donors (Lipinski definition) is 2. The first-order chi connectivity index (χ1) is 28.0. The van der Waals surface area contributed by atoms with Gasteiger partial charge in [-0.3, -0.25) is 4.79 Å². The number of carbonyl (C=O) groups is 1. The van der Waals surface area contributed by atoms with Crippen molar-refractivity contribution < 1.29 is 14.3 Å². The largest absolute Gasteiger partial charge is 0.495 e. The van der Waals surface area contributed by atoms with Crippen LogP contribution in [-0.2, 0) is 14.3 Å². The predicted octanol–water partition coefficient (Wildman–Crippen LogP) is 14.9. The van der Waals surface area contributed by atoms with Gasteiger partial charge in [-0.25, -0.2) is 0 Å². The zero-order valence-electron chi connectivity index (χ0n) is 38.9. The van der Waals surface area contributed by atoms with Gasteiger partial charge in [0.05, 0.1) is 24.3 Å². The molecule has 0 unspecified atom stereocenters. The Hall–Kier alpha value is -1.69. The van der Waals surface area contributed by atoms with E-state index < -0.39 is 0 Å². The Morgan fingerprint density at radius 2 is 1.02 bits per heavy atom. The Morgan fingerprint density at radius 3 is 1.53 bits per heavy atom. The first kappa shape index (κ1) is 53.3. The molecule has 0 aliphatic heterocycles. The van der Waals surface area contributed by atoms with Gasteiger partial charge in [-0.2, -0.15) is 0 Å². The summed E-state index contributed by atoms with van der Waals surface area (Å²) in [5.74, 6) is 2.30. The second-order valence-electron chi connectivity index (χ2n) is 17.6. The van der Waals surface area contributed by atoms with E-state index in [9.17, 15) is 4.79 Å². The maximum atomic E-state index is 12.1. The predicted molar refractivity (Wildman–Crippen MR) is 249 cm³/mol. The van der Waals surface area contributed by atoms with Crippen LogP contribution in [0.3, 0.4) is 0 Å². The van der Waals surface area contributed by atoms with E-state index in [4.69, 9.17) is 9.47 Å². The summed E-state index contributed by atoms with van der Waals surface area (Å²) < 4.78 is 12.4. The van der Waals surface area contributed by atoms with Crippen molar-refractivity contribution in [1.82, 2.24) is 15.5 Å². The molecule has 2 N–H and O–H groups in total. The molecule has 0 radical (unpaired) electrons. The lowest BCUT2D eigenvalue weighted by molar-refractivity contribution is -0.143. The number of hydrogen-bond acceptors (Lipinski definition) is 6. The van der Waals surface area contributed by atoms with E-state index in [0.717, 1.165) is 51.0 Å².